The number of nitrogens with two attached hydrogens (primary N) is 1. The first-order chi connectivity index (χ1) is 14.8. The molecule has 2 N–H and O–H groups in total. The summed E-state index contributed by atoms with van der Waals surface area (Å²) in [7, 11) is 0. The molecule has 4 nitrogen and oxygen atoms in total. The van der Waals surface area contributed by atoms with Gasteiger partial charge in [-0.1, -0.05) is 54.6 Å². The van der Waals surface area contributed by atoms with E-state index in [2.05, 4.69) is 31.2 Å². The van der Waals surface area contributed by atoms with Gasteiger partial charge >= 0.3 is 5.97 Å². The molecule has 0 radical (unpaired) electrons. The Morgan fingerprint density at radius 3 is 2.39 bits per heavy atom. The number of para-hydroxylation sites is 1. The Bertz CT molecular complexity index is 1050. The van der Waals surface area contributed by atoms with E-state index in [1.54, 1.807) is 0 Å². The number of ether oxygens (including phenoxy) is 2. The average Bonchev–Trinajstić information content (AvgIpc) is 2.72. The molecule has 0 saturated carbocycles. The van der Waals surface area contributed by atoms with Gasteiger partial charge in [0.1, 0.15) is 18.0 Å². The van der Waals surface area contributed by atoms with E-state index in [-0.39, 0.29) is 12.4 Å². The second kappa shape index (κ2) is 9.80. The molecule has 0 heterocycles. The highest BCUT2D eigenvalue weighted by atomic mass is 16.6. The van der Waals surface area contributed by atoms with Crippen LogP contribution in [0.2, 0.25) is 0 Å². The van der Waals surface area contributed by atoms with Crippen LogP contribution in [-0.4, -0.2) is 11.6 Å². The van der Waals surface area contributed by atoms with Gasteiger partial charge < -0.3 is 15.2 Å². The van der Waals surface area contributed by atoms with Crippen molar-refractivity contribution in [2.45, 2.75) is 52.9 Å². The second-order valence-electron chi connectivity index (χ2n) is 8.65. The zero-order chi connectivity index (χ0) is 22.4. The van der Waals surface area contributed by atoms with E-state index < -0.39 is 5.60 Å². The quantitative estimate of drug-likeness (QED) is 0.510. The maximum absolute atomic E-state index is 12.3. The number of esters is 1. The Morgan fingerprint density at radius 1 is 0.935 bits per heavy atom. The highest BCUT2D eigenvalue weighted by Crippen LogP contribution is 2.27. The van der Waals surface area contributed by atoms with E-state index in [1.807, 2.05) is 63.2 Å². The van der Waals surface area contributed by atoms with E-state index in [1.165, 1.54) is 11.1 Å². The van der Waals surface area contributed by atoms with Crippen LogP contribution in [0.3, 0.4) is 0 Å². The number of benzene rings is 3. The minimum Gasteiger partial charge on any atom is -0.489 e. The number of hydrogen-bond acceptors (Lipinski definition) is 4. The highest BCUT2D eigenvalue weighted by Gasteiger charge is 2.18. The maximum Gasteiger partial charge on any atom is 0.310 e. The SMILES string of the molecule is Cc1c(CN)cccc1-c1cccc(COc2ccccc2CC(=O)OC(C)(C)C)c1. The minimum absolute atomic E-state index is 0.179. The van der Waals surface area contributed by atoms with Gasteiger partial charge in [0.25, 0.3) is 0 Å². The second-order valence-corrected chi connectivity index (χ2v) is 8.65. The number of rotatable bonds is 7. The monoisotopic (exact) mass is 417 g/mol. The molecule has 0 aliphatic carbocycles. The largest absolute Gasteiger partial charge is 0.489 e. The summed E-state index contributed by atoms with van der Waals surface area (Å²) < 4.78 is 11.5. The molecule has 0 saturated heterocycles. The van der Waals surface area contributed by atoms with Gasteiger partial charge in [0.15, 0.2) is 0 Å². The van der Waals surface area contributed by atoms with Crippen molar-refractivity contribution in [1.82, 2.24) is 0 Å². The van der Waals surface area contributed by atoms with Crippen molar-refractivity contribution in [2.75, 3.05) is 0 Å². The van der Waals surface area contributed by atoms with Gasteiger partial charge in [-0.3, -0.25) is 4.79 Å². The predicted molar refractivity (Wildman–Crippen MR) is 125 cm³/mol. The molecule has 0 spiro atoms. The van der Waals surface area contributed by atoms with Crippen molar-refractivity contribution in [3.63, 3.8) is 0 Å². The van der Waals surface area contributed by atoms with E-state index in [0.717, 1.165) is 22.3 Å². The van der Waals surface area contributed by atoms with Gasteiger partial charge in [-0.15, -0.1) is 0 Å². The van der Waals surface area contributed by atoms with Crippen LogP contribution in [0.5, 0.6) is 5.75 Å². The maximum atomic E-state index is 12.3. The lowest BCUT2D eigenvalue weighted by Crippen LogP contribution is -2.25. The van der Waals surface area contributed by atoms with Crippen LogP contribution < -0.4 is 10.5 Å². The van der Waals surface area contributed by atoms with Gasteiger partial charge in [-0.25, -0.2) is 0 Å². The normalized spacial score (nSPS) is 11.3. The van der Waals surface area contributed by atoms with Crippen LogP contribution in [0.4, 0.5) is 0 Å². The van der Waals surface area contributed by atoms with Gasteiger partial charge in [-0.05, 0) is 67.6 Å². The molecule has 0 aliphatic heterocycles. The molecule has 0 fully saturated rings. The van der Waals surface area contributed by atoms with Crippen LogP contribution in [0.15, 0.2) is 66.7 Å². The van der Waals surface area contributed by atoms with E-state index in [0.29, 0.717) is 18.9 Å². The standard InChI is InChI=1S/C27H31NO3/c1-19-23(17-28)12-8-13-24(19)21-11-7-9-20(15-21)18-30-25-14-6-5-10-22(25)16-26(29)31-27(2,3)4/h5-15H,16-18,28H2,1-4H3. The molecule has 0 amide bonds. The molecule has 0 aliphatic rings. The first kappa shape index (κ1) is 22.6. The van der Waals surface area contributed by atoms with Crippen molar-refractivity contribution in [3.8, 4) is 16.9 Å². The number of carbonyl (C=O) groups excluding carboxylic acids is 1. The van der Waals surface area contributed by atoms with Crippen LogP contribution in [0, 0.1) is 6.92 Å². The Balaban J connectivity index is 1.75. The summed E-state index contributed by atoms with van der Waals surface area (Å²) in [5.41, 5.74) is 11.9. The van der Waals surface area contributed by atoms with Gasteiger partial charge in [-0.2, -0.15) is 0 Å². The molecular formula is C27H31NO3. The Labute approximate surface area is 185 Å². The average molecular weight is 418 g/mol. The van der Waals surface area contributed by atoms with Gasteiger partial charge in [0.05, 0.1) is 6.42 Å². The van der Waals surface area contributed by atoms with Crippen molar-refractivity contribution < 1.29 is 14.3 Å². The molecule has 4 heteroatoms. The fourth-order valence-electron chi connectivity index (χ4n) is 3.53. The summed E-state index contributed by atoms with van der Waals surface area (Å²) in [5.74, 6) is 0.431. The molecule has 0 bridgehead atoms. The molecule has 0 aromatic heterocycles. The third kappa shape index (κ3) is 6.19. The molecule has 3 rings (SSSR count). The van der Waals surface area contributed by atoms with Gasteiger partial charge in [0.2, 0.25) is 0 Å². The topological polar surface area (TPSA) is 61.5 Å². The van der Waals surface area contributed by atoms with Crippen LogP contribution in [0.25, 0.3) is 11.1 Å². The van der Waals surface area contributed by atoms with Crippen molar-refractivity contribution in [1.29, 1.82) is 0 Å². The minimum atomic E-state index is -0.507. The zero-order valence-electron chi connectivity index (χ0n) is 18.8. The molecule has 3 aromatic rings. The number of hydrogen-bond donors (Lipinski definition) is 1. The van der Waals surface area contributed by atoms with Crippen LogP contribution in [0.1, 0.15) is 43.0 Å². The van der Waals surface area contributed by atoms with Crippen molar-refractivity contribution in [2.24, 2.45) is 5.73 Å². The van der Waals surface area contributed by atoms with Crippen LogP contribution >= 0.6 is 0 Å². The van der Waals surface area contributed by atoms with Gasteiger partial charge in [0, 0.05) is 12.1 Å². The summed E-state index contributed by atoms with van der Waals surface area (Å²) >= 11 is 0. The van der Waals surface area contributed by atoms with Crippen LogP contribution in [-0.2, 0) is 29.1 Å². The molecule has 3 aromatic carbocycles. The summed E-state index contributed by atoms with van der Waals surface area (Å²) in [6, 6.07) is 22.1. The lowest BCUT2D eigenvalue weighted by molar-refractivity contribution is -0.153. The fourth-order valence-corrected chi connectivity index (χ4v) is 3.53. The van der Waals surface area contributed by atoms with E-state index >= 15 is 0 Å². The predicted octanol–water partition coefficient (Wildman–Crippen LogP) is 5.58. The Hall–Kier alpha value is -3.11. The Morgan fingerprint density at radius 2 is 1.65 bits per heavy atom. The highest BCUT2D eigenvalue weighted by molar-refractivity contribution is 5.74. The van der Waals surface area contributed by atoms with Crippen molar-refractivity contribution >= 4 is 5.97 Å². The first-order valence-electron chi connectivity index (χ1n) is 10.6. The Kier molecular flexibility index (Phi) is 7.13. The zero-order valence-corrected chi connectivity index (χ0v) is 18.8. The van der Waals surface area contributed by atoms with E-state index in [9.17, 15) is 4.79 Å². The third-order valence-electron chi connectivity index (χ3n) is 5.03. The van der Waals surface area contributed by atoms with E-state index in [4.69, 9.17) is 15.2 Å². The smallest absolute Gasteiger partial charge is 0.310 e. The molecular weight excluding hydrogens is 386 g/mol. The number of carbonyl (C=O) groups is 1. The molecule has 162 valence electrons. The summed E-state index contributed by atoms with van der Waals surface area (Å²) in [6.45, 7) is 8.64. The first-order valence-corrected chi connectivity index (χ1v) is 10.6. The van der Waals surface area contributed by atoms with Crippen molar-refractivity contribution in [3.05, 3.63) is 89.0 Å². The molecule has 0 atom stereocenters. The summed E-state index contributed by atoms with van der Waals surface area (Å²) in [6.07, 6.45) is 0.179. The lowest BCUT2D eigenvalue weighted by Gasteiger charge is -2.20. The molecule has 31 heavy (non-hydrogen) atoms. The lowest BCUT2D eigenvalue weighted by atomic mass is 9.95. The molecule has 0 unspecified atom stereocenters. The summed E-state index contributed by atoms with van der Waals surface area (Å²) in [4.78, 5) is 12.3. The third-order valence-corrected chi connectivity index (χ3v) is 5.03. The summed E-state index contributed by atoms with van der Waals surface area (Å²) in [5, 5.41) is 0. The fraction of sp³-hybridized carbons (Fsp3) is 0.296.